The molecule has 0 radical (unpaired) electrons. The van der Waals surface area contributed by atoms with E-state index in [1.165, 1.54) is 0 Å². The summed E-state index contributed by atoms with van der Waals surface area (Å²) in [5, 5.41) is 3.92. The predicted molar refractivity (Wildman–Crippen MR) is 50.2 cm³/mol. The second-order valence-electron chi connectivity index (χ2n) is 2.33. The van der Waals surface area contributed by atoms with Crippen molar-refractivity contribution in [3.63, 3.8) is 0 Å². The molecule has 2 heterocycles. The topological polar surface area (TPSA) is 33.6 Å². The average molecular weight is 180 g/mol. The zero-order valence-corrected chi connectivity index (χ0v) is 7.17. The molecule has 0 fully saturated rings. The fraction of sp³-hybridized carbons (Fsp3) is 0.125. The number of nitrogens with one attached hydrogen (secondary N) is 1. The predicted octanol–water partition coefficient (Wildman–Crippen LogP) is 1.93. The number of hydrogen-bond acceptors (Lipinski definition) is 4. The summed E-state index contributed by atoms with van der Waals surface area (Å²) < 4.78 is 3.04. The lowest BCUT2D eigenvalue weighted by Crippen LogP contribution is -2.07. The van der Waals surface area contributed by atoms with Gasteiger partial charge in [0.15, 0.2) is 0 Å². The summed E-state index contributed by atoms with van der Waals surface area (Å²) >= 11 is 1.55. The minimum atomic E-state index is 0.842. The van der Waals surface area contributed by atoms with Gasteiger partial charge in [0.25, 0.3) is 0 Å². The van der Waals surface area contributed by atoms with Gasteiger partial charge in [-0.3, -0.25) is 0 Å². The molecule has 12 heavy (non-hydrogen) atoms. The van der Waals surface area contributed by atoms with Crippen molar-refractivity contribution in [2.24, 2.45) is 5.16 Å². The van der Waals surface area contributed by atoms with Crippen LogP contribution in [0.2, 0.25) is 0 Å². The van der Waals surface area contributed by atoms with Crippen LogP contribution in [0, 0.1) is 0 Å². The minimum Gasteiger partial charge on any atom is -0.365 e. The Balaban J connectivity index is 2.13. The van der Waals surface area contributed by atoms with Gasteiger partial charge >= 0.3 is 0 Å². The van der Waals surface area contributed by atoms with Gasteiger partial charge in [-0.05, 0) is 30.2 Å². The van der Waals surface area contributed by atoms with Crippen LogP contribution in [0.1, 0.15) is 6.42 Å². The van der Waals surface area contributed by atoms with Gasteiger partial charge in [0, 0.05) is 12.6 Å². The van der Waals surface area contributed by atoms with Crippen LogP contribution in [-0.2, 0) is 4.84 Å². The number of hydrogen-bond donors (Lipinski definition) is 1. The Labute approximate surface area is 75.0 Å². The molecule has 2 rings (SSSR count). The van der Waals surface area contributed by atoms with Crippen molar-refractivity contribution < 1.29 is 4.84 Å². The van der Waals surface area contributed by atoms with Gasteiger partial charge in [-0.1, -0.05) is 5.16 Å². The SMILES string of the molecule is C1=CNSC(C2=NOC=CC2)=C1. The maximum absolute atomic E-state index is 4.84. The molecule has 0 aliphatic carbocycles. The van der Waals surface area contributed by atoms with E-state index in [1.807, 2.05) is 24.4 Å². The molecule has 0 unspecified atom stereocenters. The molecule has 1 N–H and O–H groups in total. The van der Waals surface area contributed by atoms with E-state index in [4.69, 9.17) is 4.84 Å². The summed E-state index contributed by atoms with van der Waals surface area (Å²) in [5.41, 5.74) is 0.972. The Hall–Kier alpha value is -1.16. The summed E-state index contributed by atoms with van der Waals surface area (Å²) in [6.45, 7) is 0. The van der Waals surface area contributed by atoms with Crippen LogP contribution in [0.25, 0.3) is 0 Å². The Bertz CT molecular complexity index is 291. The fourth-order valence-electron chi connectivity index (χ4n) is 0.941. The van der Waals surface area contributed by atoms with Crippen molar-refractivity contribution in [2.45, 2.75) is 6.42 Å². The summed E-state index contributed by atoms with van der Waals surface area (Å²) in [4.78, 5) is 5.95. The van der Waals surface area contributed by atoms with E-state index in [1.54, 1.807) is 18.2 Å². The zero-order valence-electron chi connectivity index (χ0n) is 6.36. The monoisotopic (exact) mass is 180 g/mol. The number of oxime groups is 1. The van der Waals surface area contributed by atoms with Crippen molar-refractivity contribution in [3.8, 4) is 0 Å². The maximum Gasteiger partial charge on any atom is 0.118 e. The minimum absolute atomic E-state index is 0.842. The molecule has 3 nitrogen and oxygen atoms in total. The molecule has 0 aromatic heterocycles. The fourth-order valence-corrected chi connectivity index (χ4v) is 1.60. The van der Waals surface area contributed by atoms with Crippen LogP contribution in [0.4, 0.5) is 0 Å². The highest BCUT2D eigenvalue weighted by atomic mass is 32.2. The largest absolute Gasteiger partial charge is 0.365 e. The van der Waals surface area contributed by atoms with Gasteiger partial charge in [-0.25, -0.2) is 0 Å². The van der Waals surface area contributed by atoms with Crippen LogP contribution in [0.15, 0.2) is 40.8 Å². The van der Waals surface area contributed by atoms with Crippen LogP contribution >= 0.6 is 11.9 Å². The molecule has 0 aromatic rings. The van der Waals surface area contributed by atoms with Gasteiger partial charge in [-0.2, -0.15) is 0 Å². The third kappa shape index (κ3) is 1.53. The Morgan fingerprint density at radius 3 is 3.25 bits per heavy atom. The van der Waals surface area contributed by atoms with E-state index in [0.717, 1.165) is 17.0 Å². The Morgan fingerprint density at radius 1 is 1.58 bits per heavy atom. The second-order valence-corrected chi connectivity index (χ2v) is 3.21. The van der Waals surface area contributed by atoms with E-state index < -0.39 is 0 Å². The van der Waals surface area contributed by atoms with Gasteiger partial charge in [0.1, 0.15) is 6.26 Å². The molecule has 0 bridgehead atoms. The molecular formula is C8H8N2OS. The maximum atomic E-state index is 4.84. The lowest BCUT2D eigenvalue weighted by molar-refractivity contribution is 0.262. The molecule has 2 aliphatic heterocycles. The highest BCUT2D eigenvalue weighted by Gasteiger charge is 2.10. The smallest absolute Gasteiger partial charge is 0.118 e. The number of nitrogens with zero attached hydrogens (tertiary/aromatic N) is 1. The molecule has 0 spiro atoms. The van der Waals surface area contributed by atoms with Crippen molar-refractivity contribution >= 4 is 17.7 Å². The molecule has 0 aromatic carbocycles. The van der Waals surface area contributed by atoms with Crippen LogP contribution in [-0.4, -0.2) is 5.71 Å². The zero-order chi connectivity index (χ0) is 8.23. The Morgan fingerprint density at radius 2 is 2.58 bits per heavy atom. The average Bonchev–Trinajstić information content (AvgIpc) is 2.21. The molecule has 62 valence electrons. The molecule has 0 atom stereocenters. The van der Waals surface area contributed by atoms with E-state index in [9.17, 15) is 0 Å². The van der Waals surface area contributed by atoms with E-state index >= 15 is 0 Å². The second kappa shape index (κ2) is 3.49. The highest BCUT2D eigenvalue weighted by Crippen LogP contribution is 2.20. The van der Waals surface area contributed by atoms with Gasteiger partial charge in [-0.15, -0.1) is 0 Å². The normalized spacial score (nSPS) is 20.7. The first-order valence-corrected chi connectivity index (χ1v) is 4.46. The van der Waals surface area contributed by atoms with E-state index in [-0.39, 0.29) is 0 Å². The van der Waals surface area contributed by atoms with Gasteiger partial charge in [0.05, 0.1) is 10.6 Å². The van der Waals surface area contributed by atoms with Crippen molar-refractivity contribution in [1.29, 1.82) is 0 Å². The van der Waals surface area contributed by atoms with Crippen LogP contribution in [0.3, 0.4) is 0 Å². The van der Waals surface area contributed by atoms with Crippen LogP contribution in [0.5, 0.6) is 0 Å². The molecule has 0 saturated carbocycles. The third-order valence-corrected chi connectivity index (χ3v) is 2.34. The van der Waals surface area contributed by atoms with Crippen molar-refractivity contribution in [3.05, 3.63) is 35.6 Å². The Kier molecular flexibility index (Phi) is 2.18. The highest BCUT2D eigenvalue weighted by molar-refractivity contribution is 8.02. The summed E-state index contributed by atoms with van der Waals surface area (Å²) in [7, 11) is 0. The standard InChI is InChI=1S/C8H8N2OS/c1-4-8(12-9-5-1)7-3-2-6-11-10-7/h1-2,4-6,9H,3H2. The quantitative estimate of drug-likeness (QED) is 0.626. The number of rotatable bonds is 1. The lowest BCUT2D eigenvalue weighted by atomic mass is 10.2. The molecule has 4 heteroatoms. The first-order valence-electron chi connectivity index (χ1n) is 3.64. The molecule has 0 saturated heterocycles. The molecular weight excluding hydrogens is 172 g/mol. The van der Waals surface area contributed by atoms with Crippen molar-refractivity contribution in [1.82, 2.24) is 4.72 Å². The van der Waals surface area contributed by atoms with E-state index in [0.29, 0.717) is 0 Å². The molecule has 0 amide bonds. The van der Waals surface area contributed by atoms with E-state index in [2.05, 4.69) is 9.88 Å². The first-order chi connectivity index (χ1) is 5.97. The summed E-state index contributed by atoms with van der Waals surface area (Å²) in [6, 6.07) is 0. The van der Waals surface area contributed by atoms with Crippen molar-refractivity contribution in [2.75, 3.05) is 0 Å². The van der Waals surface area contributed by atoms with Crippen LogP contribution < -0.4 is 4.72 Å². The summed E-state index contributed by atoms with van der Waals surface area (Å²) in [6.07, 6.45) is 10.2. The first kappa shape index (κ1) is 7.49. The van der Waals surface area contributed by atoms with Gasteiger partial charge in [0.2, 0.25) is 0 Å². The molecule has 2 aliphatic rings. The lowest BCUT2D eigenvalue weighted by Gasteiger charge is -2.11. The van der Waals surface area contributed by atoms with Gasteiger partial charge < -0.3 is 9.56 Å². The third-order valence-electron chi connectivity index (χ3n) is 1.50. The summed E-state index contributed by atoms with van der Waals surface area (Å²) in [5.74, 6) is 0. The number of allylic oxidation sites excluding steroid dienone is 4.